The third-order valence-corrected chi connectivity index (χ3v) is 5.74. The molecule has 0 aromatic heterocycles. The van der Waals surface area contributed by atoms with Gasteiger partial charge in [-0.05, 0) is 37.1 Å². The zero-order valence-electron chi connectivity index (χ0n) is 12.2. The minimum atomic E-state index is -3.92. The zero-order valence-corrected chi connectivity index (χ0v) is 13.8. The molecular formula is C16H17NO3S2. The number of hydrogen-bond donors (Lipinski definition) is 1. The topological polar surface area (TPSA) is 57.6 Å². The number of rotatable bonds is 4. The fraction of sp³-hybridized carbons (Fsp3) is 0.250. The van der Waals surface area contributed by atoms with Gasteiger partial charge in [0, 0.05) is 16.3 Å². The summed E-state index contributed by atoms with van der Waals surface area (Å²) in [7, 11) is -3.92. The maximum absolute atomic E-state index is 11.0. The van der Waals surface area contributed by atoms with Gasteiger partial charge in [-0.15, -0.1) is 0 Å². The van der Waals surface area contributed by atoms with Crippen molar-refractivity contribution in [3.8, 4) is 0 Å². The van der Waals surface area contributed by atoms with Crippen molar-refractivity contribution < 1.29 is 13.0 Å². The number of benzene rings is 2. The second-order valence-electron chi connectivity index (χ2n) is 5.28. The van der Waals surface area contributed by atoms with Crippen LogP contribution in [-0.2, 0) is 10.1 Å². The summed E-state index contributed by atoms with van der Waals surface area (Å²) in [6.45, 7) is 2.63. The Kier molecular flexibility index (Phi) is 4.16. The Bertz CT molecular complexity index is 803. The summed E-state index contributed by atoms with van der Waals surface area (Å²) in [5.41, 5.74) is 3.39. The zero-order chi connectivity index (χ0) is 15.7. The number of aryl methyl sites for hydroxylation is 1. The van der Waals surface area contributed by atoms with Crippen molar-refractivity contribution in [2.24, 2.45) is 0 Å². The average Bonchev–Trinajstić information content (AvgIpc) is 2.46. The molecule has 0 saturated carbocycles. The molecule has 1 aliphatic rings. The summed E-state index contributed by atoms with van der Waals surface area (Å²) >= 11 is 1.74. The van der Waals surface area contributed by atoms with Crippen LogP contribution in [0.5, 0.6) is 0 Å². The molecular weight excluding hydrogens is 318 g/mol. The predicted octanol–water partition coefficient (Wildman–Crippen LogP) is 3.88. The highest BCUT2D eigenvalue weighted by Crippen LogP contribution is 2.49. The smallest absolute Gasteiger partial charge is 0.264 e. The lowest BCUT2D eigenvalue weighted by molar-refractivity contribution is 0.481. The van der Waals surface area contributed by atoms with Gasteiger partial charge < -0.3 is 4.90 Å². The van der Waals surface area contributed by atoms with Crippen LogP contribution >= 0.6 is 11.8 Å². The summed E-state index contributed by atoms with van der Waals surface area (Å²) in [4.78, 5) is 4.50. The molecule has 2 aromatic carbocycles. The molecule has 0 saturated heterocycles. The number of hydrogen-bond acceptors (Lipinski definition) is 4. The number of anilines is 2. The summed E-state index contributed by atoms with van der Waals surface area (Å²) in [5, 5.41) is 0. The van der Waals surface area contributed by atoms with E-state index in [1.165, 1.54) is 10.5 Å². The van der Waals surface area contributed by atoms with Gasteiger partial charge in [-0.25, -0.2) is 0 Å². The monoisotopic (exact) mass is 335 g/mol. The van der Waals surface area contributed by atoms with E-state index in [0.29, 0.717) is 13.0 Å². The van der Waals surface area contributed by atoms with E-state index in [2.05, 4.69) is 30.0 Å². The average molecular weight is 335 g/mol. The number of nitrogens with zero attached hydrogens (tertiary/aromatic N) is 1. The van der Waals surface area contributed by atoms with Gasteiger partial charge in [0.15, 0.2) is 0 Å². The highest BCUT2D eigenvalue weighted by atomic mass is 32.2. The quantitative estimate of drug-likeness (QED) is 0.860. The summed E-state index contributed by atoms with van der Waals surface area (Å²) in [5.74, 6) is -0.222. The van der Waals surface area contributed by atoms with Gasteiger partial charge >= 0.3 is 0 Å². The SMILES string of the molecule is Cc1cccc2c1Sc1ccccc1N2CCCS(=O)(=O)O. The van der Waals surface area contributed by atoms with E-state index in [1.54, 1.807) is 11.8 Å². The third-order valence-electron chi connectivity index (χ3n) is 3.63. The molecule has 4 nitrogen and oxygen atoms in total. The van der Waals surface area contributed by atoms with Crippen LogP contribution in [0.25, 0.3) is 0 Å². The van der Waals surface area contributed by atoms with Gasteiger partial charge in [0.1, 0.15) is 0 Å². The maximum Gasteiger partial charge on any atom is 0.264 e. The Morgan fingerprint density at radius 2 is 1.82 bits per heavy atom. The molecule has 0 atom stereocenters. The van der Waals surface area contributed by atoms with Crippen molar-refractivity contribution in [1.29, 1.82) is 0 Å². The summed E-state index contributed by atoms with van der Waals surface area (Å²) in [6, 6.07) is 14.3. The van der Waals surface area contributed by atoms with Crippen molar-refractivity contribution in [3.63, 3.8) is 0 Å². The lowest BCUT2D eigenvalue weighted by Crippen LogP contribution is -2.24. The first-order chi connectivity index (χ1) is 10.5. The van der Waals surface area contributed by atoms with Crippen molar-refractivity contribution in [3.05, 3.63) is 48.0 Å². The van der Waals surface area contributed by atoms with Gasteiger partial charge in [-0.2, -0.15) is 8.42 Å². The van der Waals surface area contributed by atoms with Gasteiger partial charge in [0.05, 0.1) is 17.1 Å². The molecule has 6 heteroatoms. The second kappa shape index (κ2) is 5.95. The lowest BCUT2D eigenvalue weighted by Gasteiger charge is -2.33. The standard InChI is InChI=1S/C16H17NO3S2/c1-12-6-4-8-14-16(12)21-15-9-3-2-7-13(15)17(14)10-5-11-22(18,19)20/h2-4,6-9H,5,10-11H2,1H3,(H,18,19,20). The molecule has 0 unspecified atom stereocenters. The molecule has 2 aromatic rings. The summed E-state index contributed by atoms with van der Waals surface area (Å²) in [6.07, 6.45) is 0.380. The van der Waals surface area contributed by atoms with Crippen LogP contribution in [0.1, 0.15) is 12.0 Å². The highest BCUT2D eigenvalue weighted by molar-refractivity contribution is 7.99. The fourth-order valence-corrected chi connectivity index (χ4v) is 4.29. The number of fused-ring (bicyclic) bond motifs is 2. The van der Waals surface area contributed by atoms with Crippen LogP contribution in [0.4, 0.5) is 11.4 Å². The second-order valence-corrected chi connectivity index (χ2v) is 7.91. The Morgan fingerprint density at radius 1 is 1.09 bits per heavy atom. The largest absolute Gasteiger partial charge is 0.340 e. The van der Waals surface area contributed by atoms with E-state index in [1.807, 2.05) is 24.3 Å². The molecule has 0 aliphatic carbocycles. The predicted molar refractivity (Wildman–Crippen MR) is 89.8 cm³/mol. The molecule has 116 valence electrons. The molecule has 0 amide bonds. The molecule has 0 spiro atoms. The highest BCUT2D eigenvalue weighted by Gasteiger charge is 2.24. The van der Waals surface area contributed by atoms with Crippen molar-refractivity contribution >= 4 is 33.3 Å². The van der Waals surface area contributed by atoms with Crippen LogP contribution < -0.4 is 4.90 Å². The molecule has 22 heavy (non-hydrogen) atoms. The minimum absolute atomic E-state index is 0.222. The molecule has 1 heterocycles. The molecule has 0 fully saturated rings. The molecule has 3 rings (SSSR count). The van der Waals surface area contributed by atoms with Crippen LogP contribution in [0.3, 0.4) is 0 Å². The molecule has 0 radical (unpaired) electrons. The third kappa shape index (κ3) is 3.14. The van der Waals surface area contributed by atoms with E-state index in [4.69, 9.17) is 4.55 Å². The van der Waals surface area contributed by atoms with Crippen molar-refractivity contribution in [1.82, 2.24) is 0 Å². The summed E-state index contributed by atoms with van der Waals surface area (Å²) < 4.78 is 30.8. The minimum Gasteiger partial charge on any atom is -0.340 e. The molecule has 1 N–H and O–H groups in total. The normalized spacial score (nSPS) is 13.6. The van der Waals surface area contributed by atoms with E-state index >= 15 is 0 Å². The fourth-order valence-electron chi connectivity index (χ4n) is 2.63. The van der Waals surface area contributed by atoms with E-state index < -0.39 is 10.1 Å². The molecule has 1 aliphatic heterocycles. The van der Waals surface area contributed by atoms with Crippen molar-refractivity contribution in [2.75, 3.05) is 17.2 Å². The van der Waals surface area contributed by atoms with E-state index in [-0.39, 0.29) is 5.75 Å². The Labute approximate surface area is 134 Å². The Hall–Kier alpha value is -1.50. The maximum atomic E-state index is 11.0. The lowest BCUT2D eigenvalue weighted by atomic mass is 10.1. The first-order valence-electron chi connectivity index (χ1n) is 7.05. The van der Waals surface area contributed by atoms with Gasteiger partial charge in [-0.3, -0.25) is 4.55 Å². The van der Waals surface area contributed by atoms with Gasteiger partial charge in [-0.1, -0.05) is 36.0 Å². The first-order valence-corrected chi connectivity index (χ1v) is 9.47. The molecule has 0 bridgehead atoms. The van der Waals surface area contributed by atoms with Gasteiger partial charge in [0.25, 0.3) is 10.1 Å². The van der Waals surface area contributed by atoms with Gasteiger partial charge in [0.2, 0.25) is 0 Å². The van der Waals surface area contributed by atoms with E-state index in [0.717, 1.165) is 16.3 Å². The van der Waals surface area contributed by atoms with Crippen LogP contribution in [0.2, 0.25) is 0 Å². The van der Waals surface area contributed by atoms with Crippen LogP contribution in [0, 0.1) is 6.92 Å². The van der Waals surface area contributed by atoms with E-state index in [9.17, 15) is 8.42 Å². The van der Waals surface area contributed by atoms with Crippen LogP contribution in [0.15, 0.2) is 52.3 Å². The van der Waals surface area contributed by atoms with Crippen LogP contribution in [-0.4, -0.2) is 25.3 Å². The Morgan fingerprint density at radius 3 is 2.59 bits per heavy atom. The number of para-hydroxylation sites is 1. The Balaban J connectivity index is 1.96. The first kappa shape index (κ1) is 15.4. The van der Waals surface area contributed by atoms with Crippen molar-refractivity contribution in [2.45, 2.75) is 23.1 Å².